The van der Waals surface area contributed by atoms with E-state index < -0.39 is 5.91 Å². The molecule has 7 nitrogen and oxygen atoms in total. The molecule has 0 saturated heterocycles. The van der Waals surface area contributed by atoms with Crippen LogP contribution in [-0.2, 0) is 9.59 Å². The van der Waals surface area contributed by atoms with Gasteiger partial charge < -0.3 is 20.1 Å². The summed E-state index contributed by atoms with van der Waals surface area (Å²) in [6.45, 7) is 5.50. The quantitative estimate of drug-likeness (QED) is 0.268. The summed E-state index contributed by atoms with van der Waals surface area (Å²) in [7, 11) is 1.47. The molecule has 3 aromatic carbocycles. The van der Waals surface area contributed by atoms with Crippen LogP contribution in [0, 0.1) is 32.1 Å². The SMILES string of the molecule is COc1cc(/C=C(/C#N)C(=O)Nc2ccccc2C)cc(Br)c1OCC(=O)Nc1cc(C)ccc1C. The second-order valence-electron chi connectivity index (χ2n) is 8.13. The highest BCUT2D eigenvalue weighted by Gasteiger charge is 2.16. The number of methoxy groups -OCH3 is 1. The standard InChI is InChI=1S/C28H26BrN3O4/c1-17-9-10-19(3)24(11-17)31-26(33)16-36-27-22(29)13-20(14-25(27)35-4)12-21(15-30)28(34)32-23-8-6-5-7-18(23)2/h5-14H,16H2,1-4H3,(H,31,33)(H,32,34)/b21-12-. The van der Waals surface area contributed by atoms with Crippen LogP contribution in [-0.4, -0.2) is 25.5 Å². The predicted molar refractivity (Wildman–Crippen MR) is 144 cm³/mol. The second-order valence-corrected chi connectivity index (χ2v) is 8.98. The van der Waals surface area contributed by atoms with Gasteiger partial charge >= 0.3 is 0 Å². The van der Waals surface area contributed by atoms with Gasteiger partial charge in [0.1, 0.15) is 11.6 Å². The molecule has 0 heterocycles. The number of nitriles is 1. The maximum Gasteiger partial charge on any atom is 0.266 e. The molecule has 0 bridgehead atoms. The highest BCUT2D eigenvalue weighted by molar-refractivity contribution is 9.10. The lowest BCUT2D eigenvalue weighted by atomic mass is 10.1. The Kier molecular flexibility index (Phi) is 8.87. The van der Waals surface area contributed by atoms with E-state index in [0.717, 1.165) is 22.4 Å². The molecule has 0 aromatic heterocycles. The number of anilines is 2. The zero-order chi connectivity index (χ0) is 26.2. The first-order valence-corrected chi connectivity index (χ1v) is 11.9. The number of amides is 2. The second kappa shape index (κ2) is 12.0. The van der Waals surface area contributed by atoms with Gasteiger partial charge in [-0.05, 0) is 89.3 Å². The number of hydrogen-bond donors (Lipinski definition) is 2. The van der Waals surface area contributed by atoms with E-state index in [9.17, 15) is 14.9 Å². The smallest absolute Gasteiger partial charge is 0.266 e. The first-order chi connectivity index (χ1) is 17.2. The Labute approximate surface area is 218 Å². The molecular formula is C28H26BrN3O4. The predicted octanol–water partition coefficient (Wildman–Crippen LogP) is 5.95. The fraction of sp³-hybridized carbons (Fsp3) is 0.179. The van der Waals surface area contributed by atoms with Crippen molar-refractivity contribution >= 4 is 45.2 Å². The number of ether oxygens (including phenoxy) is 2. The Bertz CT molecular complexity index is 1380. The van der Waals surface area contributed by atoms with Crippen LogP contribution < -0.4 is 20.1 Å². The molecule has 8 heteroatoms. The average molecular weight is 548 g/mol. The van der Waals surface area contributed by atoms with Gasteiger partial charge in [0, 0.05) is 11.4 Å². The monoisotopic (exact) mass is 547 g/mol. The molecule has 36 heavy (non-hydrogen) atoms. The van der Waals surface area contributed by atoms with Crippen LogP contribution in [0.3, 0.4) is 0 Å². The summed E-state index contributed by atoms with van der Waals surface area (Å²) in [5, 5.41) is 15.2. The van der Waals surface area contributed by atoms with Crippen molar-refractivity contribution < 1.29 is 19.1 Å². The minimum Gasteiger partial charge on any atom is -0.493 e. The zero-order valence-electron chi connectivity index (χ0n) is 20.4. The van der Waals surface area contributed by atoms with Gasteiger partial charge in [-0.3, -0.25) is 9.59 Å². The number of para-hydroxylation sites is 1. The van der Waals surface area contributed by atoms with Gasteiger partial charge in [-0.15, -0.1) is 0 Å². The fourth-order valence-electron chi connectivity index (χ4n) is 3.38. The third-order valence-electron chi connectivity index (χ3n) is 5.34. The number of nitrogens with one attached hydrogen (secondary N) is 2. The lowest BCUT2D eigenvalue weighted by Crippen LogP contribution is -2.21. The van der Waals surface area contributed by atoms with Crippen molar-refractivity contribution in [3.05, 3.63) is 86.9 Å². The normalized spacial score (nSPS) is 10.8. The van der Waals surface area contributed by atoms with Crippen molar-refractivity contribution in [3.63, 3.8) is 0 Å². The maximum atomic E-state index is 12.7. The molecule has 3 rings (SSSR count). The molecule has 2 N–H and O–H groups in total. The Hall–Kier alpha value is -4.09. The molecule has 0 spiro atoms. The van der Waals surface area contributed by atoms with Crippen LogP contribution in [0.1, 0.15) is 22.3 Å². The summed E-state index contributed by atoms with van der Waals surface area (Å²) < 4.78 is 11.7. The summed E-state index contributed by atoms with van der Waals surface area (Å²) in [4.78, 5) is 25.1. The number of carbonyl (C=O) groups excluding carboxylic acids is 2. The topological polar surface area (TPSA) is 100 Å². The van der Waals surface area contributed by atoms with E-state index in [2.05, 4.69) is 26.6 Å². The number of benzene rings is 3. The van der Waals surface area contributed by atoms with Crippen LogP contribution in [0.4, 0.5) is 11.4 Å². The molecular weight excluding hydrogens is 522 g/mol. The van der Waals surface area contributed by atoms with Crippen molar-refractivity contribution in [2.75, 3.05) is 24.4 Å². The molecule has 0 atom stereocenters. The molecule has 0 radical (unpaired) electrons. The third kappa shape index (κ3) is 6.74. The minimum absolute atomic E-state index is 0.0752. The van der Waals surface area contributed by atoms with Gasteiger partial charge in [0.05, 0.1) is 11.6 Å². The zero-order valence-corrected chi connectivity index (χ0v) is 22.0. The highest BCUT2D eigenvalue weighted by atomic mass is 79.9. The molecule has 0 aliphatic carbocycles. The Morgan fingerprint density at radius 1 is 1.00 bits per heavy atom. The largest absolute Gasteiger partial charge is 0.493 e. The van der Waals surface area contributed by atoms with Crippen molar-refractivity contribution in [3.8, 4) is 17.6 Å². The lowest BCUT2D eigenvalue weighted by Gasteiger charge is -2.14. The van der Waals surface area contributed by atoms with E-state index in [1.165, 1.54) is 13.2 Å². The summed E-state index contributed by atoms with van der Waals surface area (Å²) in [5.41, 5.74) is 4.69. The molecule has 0 unspecified atom stereocenters. The number of halogens is 1. The number of carbonyl (C=O) groups is 2. The number of aryl methyl sites for hydroxylation is 3. The van der Waals surface area contributed by atoms with Crippen molar-refractivity contribution in [2.45, 2.75) is 20.8 Å². The Balaban J connectivity index is 1.76. The molecule has 184 valence electrons. The van der Waals surface area contributed by atoms with Crippen molar-refractivity contribution in [1.82, 2.24) is 0 Å². The van der Waals surface area contributed by atoms with Gasteiger partial charge in [-0.25, -0.2) is 0 Å². The minimum atomic E-state index is -0.523. The Morgan fingerprint density at radius 3 is 2.42 bits per heavy atom. The molecule has 2 amide bonds. The van der Waals surface area contributed by atoms with E-state index >= 15 is 0 Å². The van der Waals surface area contributed by atoms with Gasteiger partial charge in [-0.1, -0.05) is 30.3 Å². The van der Waals surface area contributed by atoms with Crippen LogP contribution in [0.25, 0.3) is 6.08 Å². The summed E-state index contributed by atoms with van der Waals surface area (Å²) in [6.07, 6.45) is 1.46. The maximum absolute atomic E-state index is 12.7. The molecule has 0 aliphatic heterocycles. The van der Waals surface area contributed by atoms with E-state index in [0.29, 0.717) is 27.2 Å². The molecule has 0 saturated carbocycles. The van der Waals surface area contributed by atoms with Gasteiger partial charge in [-0.2, -0.15) is 5.26 Å². The van der Waals surface area contributed by atoms with Gasteiger partial charge in [0.25, 0.3) is 11.8 Å². The summed E-state index contributed by atoms with van der Waals surface area (Å²) in [5.74, 6) is -0.174. The lowest BCUT2D eigenvalue weighted by molar-refractivity contribution is -0.118. The number of rotatable bonds is 8. The van der Waals surface area contributed by atoms with E-state index in [1.54, 1.807) is 24.3 Å². The van der Waals surface area contributed by atoms with Crippen LogP contribution >= 0.6 is 15.9 Å². The first kappa shape index (κ1) is 26.5. The van der Waals surface area contributed by atoms with E-state index in [4.69, 9.17) is 9.47 Å². The number of hydrogen-bond acceptors (Lipinski definition) is 5. The van der Waals surface area contributed by atoms with Crippen LogP contribution in [0.15, 0.2) is 64.6 Å². The van der Waals surface area contributed by atoms with Gasteiger partial charge in [0.15, 0.2) is 18.1 Å². The fourth-order valence-corrected chi connectivity index (χ4v) is 3.95. The summed E-state index contributed by atoms with van der Waals surface area (Å²) >= 11 is 3.44. The van der Waals surface area contributed by atoms with Crippen LogP contribution in [0.2, 0.25) is 0 Å². The van der Waals surface area contributed by atoms with Crippen molar-refractivity contribution in [2.24, 2.45) is 0 Å². The van der Waals surface area contributed by atoms with Crippen LogP contribution in [0.5, 0.6) is 11.5 Å². The molecule has 3 aromatic rings. The molecule has 0 fully saturated rings. The first-order valence-electron chi connectivity index (χ1n) is 11.1. The van der Waals surface area contributed by atoms with Gasteiger partial charge in [0.2, 0.25) is 0 Å². The van der Waals surface area contributed by atoms with E-state index in [-0.39, 0.29) is 18.1 Å². The average Bonchev–Trinajstić information content (AvgIpc) is 2.85. The molecule has 0 aliphatic rings. The highest BCUT2D eigenvalue weighted by Crippen LogP contribution is 2.37. The number of nitrogens with zero attached hydrogens (tertiary/aromatic N) is 1. The Morgan fingerprint density at radius 2 is 1.72 bits per heavy atom. The summed E-state index contributed by atoms with van der Waals surface area (Å²) in [6, 6.07) is 18.4. The van der Waals surface area contributed by atoms with Crippen molar-refractivity contribution in [1.29, 1.82) is 5.26 Å². The van der Waals surface area contributed by atoms with E-state index in [1.807, 2.05) is 57.2 Å². The third-order valence-corrected chi connectivity index (χ3v) is 5.92.